The first-order valence-corrected chi connectivity index (χ1v) is 10.9. The van der Waals surface area contributed by atoms with Crippen LogP contribution in [-0.4, -0.2) is 49.1 Å². The molecule has 0 saturated carbocycles. The van der Waals surface area contributed by atoms with Gasteiger partial charge in [0.05, 0.1) is 22.3 Å². The molecule has 2 heterocycles. The molecule has 2 fully saturated rings. The van der Waals surface area contributed by atoms with Crippen molar-refractivity contribution in [3.63, 3.8) is 0 Å². The molecular weight excluding hydrogens is 412 g/mol. The minimum absolute atomic E-state index is 0.00961. The first kappa shape index (κ1) is 21.8. The predicted molar refractivity (Wildman–Crippen MR) is 120 cm³/mol. The lowest BCUT2D eigenvalue weighted by Crippen LogP contribution is -2.32. The molecule has 2 saturated heterocycles. The molecular formula is C23H26N4O5. The van der Waals surface area contributed by atoms with Crippen molar-refractivity contribution in [1.82, 2.24) is 5.32 Å². The van der Waals surface area contributed by atoms with Gasteiger partial charge in [-0.2, -0.15) is 0 Å². The van der Waals surface area contributed by atoms with Gasteiger partial charge in [-0.3, -0.25) is 19.7 Å². The van der Waals surface area contributed by atoms with Gasteiger partial charge in [0.2, 0.25) is 0 Å². The van der Waals surface area contributed by atoms with Crippen molar-refractivity contribution in [3.8, 4) is 0 Å². The summed E-state index contributed by atoms with van der Waals surface area (Å²) < 4.78 is 5.53. The fraction of sp³-hybridized carbons (Fsp3) is 0.391. The number of nitro benzene ring substituents is 1. The number of para-hydroxylation sites is 1. The van der Waals surface area contributed by atoms with Crippen molar-refractivity contribution in [2.45, 2.75) is 31.8 Å². The maximum atomic E-state index is 12.9. The lowest BCUT2D eigenvalue weighted by atomic mass is 10.1. The van der Waals surface area contributed by atoms with Crippen LogP contribution in [0.5, 0.6) is 0 Å². The average molecular weight is 438 g/mol. The molecule has 9 nitrogen and oxygen atoms in total. The topological polar surface area (TPSA) is 114 Å². The zero-order chi connectivity index (χ0) is 22.5. The van der Waals surface area contributed by atoms with Crippen LogP contribution in [0.2, 0.25) is 0 Å². The molecule has 168 valence electrons. The second-order valence-corrected chi connectivity index (χ2v) is 8.00. The number of nitrogens with one attached hydrogen (secondary N) is 2. The van der Waals surface area contributed by atoms with Crippen LogP contribution in [0.1, 0.15) is 46.4 Å². The number of nitro groups is 1. The molecule has 2 aliphatic rings. The minimum atomic E-state index is -0.513. The Morgan fingerprint density at radius 3 is 2.59 bits per heavy atom. The van der Waals surface area contributed by atoms with Gasteiger partial charge in [0.25, 0.3) is 17.5 Å². The minimum Gasteiger partial charge on any atom is -0.376 e. The quantitative estimate of drug-likeness (QED) is 0.506. The largest absolute Gasteiger partial charge is 0.376 e. The Kier molecular flexibility index (Phi) is 6.65. The molecule has 1 unspecified atom stereocenters. The van der Waals surface area contributed by atoms with Crippen LogP contribution in [0, 0.1) is 10.1 Å². The zero-order valence-electron chi connectivity index (χ0n) is 17.7. The summed E-state index contributed by atoms with van der Waals surface area (Å²) in [5, 5.41) is 17.2. The van der Waals surface area contributed by atoms with E-state index >= 15 is 0 Å². The van der Waals surface area contributed by atoms with E-state index in [2.05, 4.69) is 10.6 Å². The SMILES string of the molecule is O=C(Nc1ccccc1C(=O)NCC1CCCO1)c1ccc(N2CCCC2)c([N+](=O)[O-])c1. The molecule has 2 aromatic carbocycles. The highest BCUT2D eigenvalue weighted by Crippen LogP contribution is 2.32. The van der Waals surface area contributed by atoms with E-state index in [4.69, 9.17) is 4.74 Å². The van der Waals surface area contributed by atoms with E-state index in [0.717, 1.165) is 38.8 Å². The Morgan fingerprint density at radius 1 is 1.09 bits per heavy atom. The van der Waals surface area contributed by atoms with Gasteiger partial charge < -0.3 is 20.3 Å². The smallest absolute Gasteiger partial charge is 0.293 e. The maximum absolute atomic E-state index is 12.9. The van der Waals surface area contributed by atoms with Gasteiger partial charge >= 0.3 is 0 Å². The Hall–Kier alpha value is -3.46. The van der Waals surface area contributed by atoms with Crippen molar-refractivity contribution in [2.75, 3.05) is 36.5 Å². The Labute approximate surface area is 185 Å². The molecule has 0 bridgehead atoms. The normalized spacial score (nSPS) is 17.9. The monoisotopic (exact) mass is 438 g/mol. The molecule has 32 heavy (non-hydrogen) atoms. The standard InChI is InChI=1S/C23H26N4O5/c28-22(16-9-10-20(21(14-16)27(30)31)26-11-3-4-12-26)25-19-8-2-1-7-18(19)23(29)24-15-17-6-5-13-32-17/h1-2,7-10,14,17H,3-6,11-13,15H2,(H,24,29)(H,25,28). The van der Waals surface area contributed by atoms with E-state index in [1.807, 2.05) is 4.90 Å². The lowest BCUT2D eigenvalue weighted by Gasteiger charge is -2.18. The summed E-state index contributed by atoms with van der Waals surface area (Å²) in [6, 6.07) is 11.2. The fourth-order valence-corrected chi connectivity index (χ4v) is 4.13. The van der Waals surface area contributed by atoms with E-state index < -0.39 is 10.8 Å². The van der Waals surface area contributed by atoms with E-state index in [1.165, 1.54) is 6.07 Å². The van der Waals surface area contributed by atoms with Gasteiger partial charge in [0, 0.05) is 37.9 Å². The second-order valence-electron chi connectivity index (χ2n) is 8.00. The number of rotatable bonds is 7. The van der Waals surface area contributed by atoms with E-state index in [-0.39, 0.29) is 23.3 Å². The second kappa shape index (κ2) is 9.78. The predicted octanol–water partition coefficient (Wildman–Crippen LogP) is 3.36. The maximum Gasteiger partial charge on any atom is 0.293 e. The number of carbonyl (C=O) groups is 2. The summed E-state index contributed by atoms with van der Waals surface area (Å²) >= 11 is 0. The molecule has 0 aliphatic carbocycles. The van der Waals surface area contributed by atoms with Gasteiger partial charge in [-0.25, -0.2) is 0 Å². The number of hydrogen-bond acceptors (Lipinski definition) is 6. The summed E-state index contributed by atoms with van der Waals surface area (Å²) in [5.41, 5.74) is 1.25. The molecule has 2 aliphatic heterocycles. The summed E-state index contributed by atoms with van der Waals surface area (Å²) in [4.78, 5) is 38.7. The first-order valence-electron chi connectivity index (χ1n) is 10.9. The van der Waals surface area contributed by atoms with Crippen LogP contribution in [-0.2, 0) is 4.74 Å². The van der Waals surface area contributed by atoms with Crippen LogP contribution in [0.25, 0.3) is 0 Å². The molecule has 2 amide bonds. The van der Waals surface area contributed by atoms with Crippen LogP contribution in [0.3, 0.4) is 0 Å². The van der Waals surface area contributed by atoms with Crippen LogP contribution >= 0.6 is 0 Å². The van der Waals surface area contributed by atoms with Crippen molar-refractivity contribution in [1.29, 1.82) is 0 Å². The molecule has 0 radical (unpaired) electrons. The van der Waals surface area contributed by atoms with Crippen LogP contribution in [0.15, 0.2) is 42.5 Å². The van der Waals surface area contributed by atoms with Crippen LogP contribution < -0.4 is 15.5 Å². The Morgan fingerprint density at radius 2 is 1.88 bits per heavy atom. The third kappa shape index (κ3) is 4.88. The Bertz CT molecular complexity index is 1010. The number of anilines is 2. The van der Waals surface area contributed by atoms with Gasteiger partial charge in [-0.05, 0) is 49.9 Å². The zero-order valence-corrected chi connectivity index (χ0v) is 17.7. The highest BCUT2D eigenvalue weighted by molar-refractivity contribution is 6.09. The van der Waals surface area contributed by atoms with E-state index in [1.54, 1.807) is 36.4 Å². The molecule has 2 N–H and O–H groups in total. The number of hydrogen-bond donors (Lipinski definition) is 2. The van der Waals surface area contributed by atoms with Crippen molar-refractivity contribution in [3.05, 3.63) is 63.7 Å². The first-order chi connectivity index (χ1) is 15.5. The summed E-state index contributed by atoms with van der Waals surface area (Å²) in [7, 11) is 0. The number of benzene rings is 2. The summed E-state index contributed by atoms with van der Waals surface area (Å²) in [6.07, 6.45) is 3.88. The molecule has 2 aromatic rings. The molecule has 0 spiro atoms. The molecule has 4 rings (SSSR count). The number of ether oxygens (including phenoxy) is 1. The third-order valence-electron chi connectivity index (χ3n) is 5.82. The van der Waals surface area contributed by atoms with Gasteiger partial charge in [0.15, 0.2) is 0 Å². The number of nitrogens with zero attached hydrogens (tertiary/aromatic N) is 2. The van der Waals surface area contributed by atoms with Gasteiger partial charge in [-0.15, -0.1) is 0 Å². The highest BCUT2D eigenvalue weighted by atomic mass is 16.6. The highest BCUT2D eigenvalue weighted by Gasteiger charge is 2.24. The Balaban J connectivity index is 1.49. The van der Waals surface area contributed by atoms with E-state index in [0.29, 0.717) is 30.1 Å². The van der Waals surface area contributed by atoms with Gasteiger partial charge in [-0.1, -0.05) is 12.1 Å². The molecule has 1 atom stereocenters. The molecule has 0 aromatic heterocycles. The van der Waals surface area contributed by atoms with Crippen molar-refractivity contribution >= 4 is 28.9 Å². The summed E-state index contributed by atoms with van der Waals surface area (Å²) in [6.45, 7) is 2.64. The number of amides is 2. The number of carbonyl (C=O) groups excluding carboxylic acids is 2. The third-order valence-corrected chi connectivity index (χ3v) is 5.82. The molecule has 9 heteroatoms. The fourth-order valence-electron chi connectivity index (χ4n) is 4.13. The van der Waals surface area contributed by atoms with E-state index in [9.17, 15) is 19.7 Å². The average Bonchev–Trinajstić information content (AvgIpc) is 3.52. The lowest BCUT2D eigenvalue weighted by molar-refractivity contribution is -0.384. The van der Waals surface area contributed by atoms with Crippen LogP contribution in [0.4, 0.5) is 17.1 Å². The van der Waals surface area contributed by atoms with Crippen molar-refractivity contribution in [2.24, 2.45) is 0 Å². The summed E-state index contributed by atoms with van der Waals surface area (Å²) in [5.74, 6) is -0.827. The van der Waals surface area contributed by atoms with Crippen molar-refractivity contribution < 1.29 is 19.2 Å². The van der Waals surface area contributed by atoms with Gasteiger partial charge in [0.1, 0.15) is 5.69 Å².